The highest BCUT2D eigenvalue weighted by Crippen LogP contribution is 2.14. The van der Waals surface area contributed by atoms with Gasteiger partial charge in [0.2, 0.25) is 23.6 Å². The summed E-state index contributed by atoms with van der Waals surface area (Å²) >= 11 is 0. The topological polar surface area (TPSA) is 174 Å². The van der Waals surface area contributed by atoms with Crippen molar-refractivity contribution in [2.45, 2.75) is 117 Å². The van der Waals surface area contributed by atoms with Crippen molar-refractivity contribution in [1.82, 2.24) is 21.3 Å². The van der Waals surface area contributed by atoms with E-state index in [1.54, 1.807) is 24.3 Å². The summed E-state index contributed by atoms with van der Waals surface area (Å²) in [5, 5.41) is 29.6. The molecule has 42 heavy (non-hydrogen) atoms. The molecule has 0 aliphatic rings. The molecule has 6 N–H and O–H groups in total. The zero-order chi connectivity index (χ0) is 31.7. The van der Waals surface area contributed by atoms with Crippen molar-refractivity contribution in [1.29, 1.82) is 0 Å². The van der Waals surface area contributed by atoms with Gasteiger partial charge < -0.3 is 31.5 Å². The maximum absolute atomic E-state index is 13.3. The van der Waals surface area contributed by atoms with Crippen molar-refractivity contribution < 1.29 is 34.2 Å². The second-order valence-electron chi connectivity index (χ2n) is 11.3. The lowest BCUT2D eigenvalue weighted by Crippen LogP contribution is -2.56. The van der Waals surface area contributed by atoms with Crippen LogP contribution in [0.2, 0.25) is 0 Å². The molecule has 0 unspecified atom stereocenters. The number of hydrogen-bond donors (Lipinski definition) is 6. The molecule has 4 atom stereocenters. The first kappa shape index (κ1) is 36.4. The standard InChI is InChI=1S/C31H50N4O7/c1-6-9-25(34-31(42)29(21(5)7-2)35-27(38)10-8-11-28(39)40)30(41)33-23(18-20(3)4)14-17-26(37)32-19-22-12-15-24(36)16-13-22/h12-13,15-16,20-21,23,25,29,36H,6-11,14,17-19H2,1-5H3,(H,32,37)(H,33,41)(H,34,42)(H,35,38)(H,39,40)/t21-,23+,25-,29-/m0/s1. The van der Waals surface area contributed by atoms with E-state index >= 15 is 0 Å². The zero-order valence-electron chi connectivity index (χ0n) is 25.7. The summed E-state index contributed by atoms with van der Waals surface area (Å²) in [6.45, 7) is 10.0. The third-order valence-electron chi connectivity index (χ3n) is 7.06. The average molecular weight is 591 g/mol. The Morgan fingerprint density at radius 3 is 2.05 bits per heavy atom. The molecule has 0 aliphatic heterocycles. The van der Waals surface area contributed by atoms with E-state index in [2.05, 4.69) is 21.3 Å². The number of carbonyl (C=O) groups excluding carboxylic acids is 4. The van der Waals surface area contributed by atoms with Gasteiger partial charge in [0.15, 0.2) is 0 Å². The fourth-order valence-electron chi connectivity index (χ4n) is 4.49. The molecule has 1 aromatic carbocycles. The van der Waals surface area contributed by atoms with E-state index in [0.717, 1.165) is 5.56 Å². The van der Waals surface area contributed by atoms with Crippen LogP contribution in [0, 0.1) is 11.8 Å². The molecule has 0 radical (unpaired) electrons. The van der Waals surface area contributed by atoms with Gasteiger partial charge in [-0.1, -0.05) is 59.6 Å². The number of rotatable bonds is 20. The molecule has 0 bridgehead atoms. The van der Waals surface area contributed by atoms with Crippen LogP contribution in [0.5, 0.6) is 5.75 Å². The molecular weight excluding hydrogens is 540 g/mol. The molecule has 0 fully saturated rings. The molecule has 236 valence electrons. The number of phenolic OH excluding ortho intramolecular Hbond substituents is 1. The van der Waals surface area contributed by atoms with Gasteiger partial charge in [-0.25, -0.2) is 0 Å². The summed E-state index contributed by atoms with van der Waals surface area (Å²) in [7, 11) is 0. The van der Waals surface area contributed by atoms with Gasteiger partial charge in [0.25, 0.3) is 0 Å². The van der Waals surface area contributed by atoms with E-state index in [0.29, 0.717) is 38.6 Å². The van der Waals surface area contributed by atoms with Gasteiger partial charge in [0.05, 0.1) is 0 Å². The average Bonchev–Trinajstić information content (AvgIpc) is 2.93. The molecule has 11 nitrogen and oxygen atoms in total. The van der Waals surface area contributed by atoms with Crippen LogP contribution in [0.3, 0.4) is 0 Å². The number of carboxylic acids is 1. The number of benzene rings is 1. The van der Waals surface area contributed by atoms with E-state index in [-0.39, 0.29) is 61.1 Å². The number of aromatic hydroxyl groups is 1. The summed E-state index contributed by atoms with van der Waals surface area (Å²) < 4.78 is 0. The Morgan fingerprint density at radius 2 is 1.48 bits per heavy atom. The quantitative estimate of drug-likeness (QED) is 0.135. The van der Waals surface area contributed by atoms with Gasteiger partial charge in [-0.3, -0.25) is 24.0 Å². The summed E-state index contributed by atoms with van der Waals surface area (Å²) in [6.07, 6.45) is 2.98. The minimum atomic E-state index is -0.988. The number of aliphatic carboxylic acids is 1. The van der Waals surface area contributed by atoms with Crippen LogP contribution in [-0.4, -0.2) is 57.9 Å². The molecule has 1 rings (SSSR count). The predicted octanol–water partition coefficient (Wildman–Crippen LogP) is 3.39. The van der Waals surface area contributed by atoms with Gasteiger partial charge in [-0.2, -0.15) is 0 Å². The number of carboxylic acid groups (broad SMARTS) is 1. The van der Waals surface area contributed by atoms with Crippen molar-refractivity contribution in [3.8, 4) is 5.75 Å². The third-order valence-corrected chi connectivity index (χ3v) is 7.06. The van der Waals surface area contributed by atoms with E-state index < -0.39 is 29.9 Å². The van der Waals surface area contributed by atoms with Crippen LogP contribution in [0.25, 0.3) is 0 Å². The highest BCUT2D eigenvalue weighted by Gasteiger charge is 2.30. The fraction of sp³-hybridized carbons (Fsp3) is 0.645. The van der Waals surface area contributed by atoms with Gasteiger partial charge in [-0.05, 0) is 55.2 Å². The summed E-state index contributed by atoms with van der Waals surface area (Å²) in [5.74, 6) is -2.13. The molecule has 0 saturated carbocycles. The molecule has 11 heteroatoms. The Kier molecular flexibility index (Phi) is 16.9. The van der Waals surface area contributed by atoms with E-state index in [1.165, 1.54) is 0 Å². The lowest BCUT2D eigenvalue weighted by Gasteiger charge is -2.28. The summed E-state index contributed by atoms with van der Waals surface area (Å²) in [5.41, 5.74) is 0.860. The molecule has 0 spiro atoms. The highest BCUT2D eigenvalue weighted by atomic mass is 16.4. The van der Waals surface area contributed by atoms with Crippen LogP contribution in [0.1, 0.15) is 98.0 Å². The first-order chi connectivity index (χ1) is 19.9. The van der Waals surface area contributed by atoms with E-state index in [4.69, 9.17) is 5.11 Å². The molecule has 0 heterocycles. The predicted molar refractivity (Wildman–Crippen MR) is 160 cm³/mol. The number of hydrogen-bond acceptors (Lipinski definition) is 6. The van der Waals surface area contributed by atoms with Crippen LogP contribution >= 0.6 is 0 Å². The second kappa shape index (κ2) is 19.5. The minimum absolute atomic E-state index is 0.00914. The maximum Gasteiger partial charge on any atom is 0.303 e. The van der Waals surface area contributed by atoms with Gasteiger partial charge >= 0.3 is 5.97 Å². The summed E-state index contributed by atoms with van der Waals surface area (Å²) in [4.78, 5) is 62.3. The fourth-order valence-corrected chi connectivity index (χ4v) is 4.49. The first-order valence-corrected chi connectivity index (χ1v) is 15.0. The highest BCUT2D eigenvalue weighted by molar-refractivity contribution is 5.92. The van der Waals surface area contributed by atoms with Crippen molar-refractivity contribution in [3.63, 3.8) is 0 Å². The molecule has 0 saturated heterocycles. The second-order valence-corrected chi connectivity index (χ2v) is 11.3. The number of carbonyl (C=O) groups is 5. The monoisotopic (exact) mass is 590 g/mol. The lowest BCUT2D eigenvalue weighted by atomic mass is 9.96. The van der Waals surface area contributed by atoms with Crippen LogP contribution in [-0.2, 0) is 30.5 Å². The van der Waals surface area contributed by atoms with E-state index in [1.807, 2.05) is 34.6 Å². The van der Waals surface area contributed by atoms with Crippen LogP contribution < -0.4 is 21.3 Å². The number of phenols is 1. The molecule has 4 amide bonds. The number of nitrogens with one attached hydrogen (secondary N) is 4. The van der Waals surface area contributed by atoms with Gasteiger partial charge in [0, 0.05) is 31.8 Å². The minimum Gasteiger partial charge on any atom is -0.508 e. The Balaban J connectivity index is 2.80. The van der Waals surface area contributed by atoms with Crippen molar-refractivity contribution in [2.24, 2.45) is 11.8 Å². The third kappa shape index (κ3) is 14.8. The first-order valence-electron chi connectivity index (χ1n) is 15.0. The Hall–Kier alpha value is -3.63. The molecule has 0 aromatic heterocycles. The van der Waals surface area contributed by atoms with Gasteiger partial charge in [-0.15, -0.1) is 0 Å². The van der Waals surface area contributed by atoms with E-state index in [9.17, 15) is 29.1 Å². The zero-order valence-corrected chi connectivity index (χ0v) is 25.7. The molecular formula is C31H50N4O7. The summed E-state index contributed by atoms with van der Waals surface area (Å²) in [6, 6.07) is 4.64. The van der Waals surface area contributed by atoms with Crippen LogP contribution in [0.4, 0.5) is 0 Å². The van der Waals surface area contributed by atoms with Crippen molar-refractivity contribution in [2.75, 3.05) is 0 Å². The molecule has 1 aromatic rings. The smallest absolute Gasteiger partial charge is 0.303 e. The molecule has 0 aliphatic carbocycles. The van der Waals surface area contributed by atoms with Gasteiger partial charge in [0.1, 0.15) is 17.8 Å². The normalized spacial score (nSPS) is 13.9. The number of amides is 4. The van der Waals surface area contributed by atoms with Crippen LogP contribution in [0.15, 0.2) is 24.3 Å². The maximum atomic E-state index is 13.3. The SMILES string of the molecule is CCC[C@H](NC(=O)[C@@H](NC(=O)CCCC(=O)O)[C@@H](C)CC)C(=O)N[C@H](CCC(=O)NCc1ccc(O)cc1)CC(C)C. The Labute approximate surface area is 249 Å². The van der Waals surface area contributed by atoms with Crippen molar-refractivity contribution in [3.05, 3.63) is 29.8 Å². The lowest BCUT2D eigenvalue weighted by molar-refractivity contribution is -0.137. The largest absolute Gasteiger partial charge is 0.508 e. The van der Waals surface area contributed by atoms with Crippen molar-refractivity contribution >= 4 is 29.6 Å². The Morgan fingerprint density at radius 1 is 0.810 bits per heavy atom. The Bertz CT molecular complexity index is 1010.